The number of nitrogens with one attached hydrogen (secondary N) is 1. The number of ether oxygens (including phenoxy) is 1. The van der Waals surface area contributed by atoms with Gasteiger partial charge in [-0.05, 0) is 52.9 Å². The van der Waals surface area contributed by atoms with E-state index in [1.165, 1.54) is 0 Å². The molecule has 108 valence electrons. The Morgan fingerprint density at radius 3 is 2.90 bits per heavy atom. The molecule has 3 nitrogen and oxygen atoms in total. The van der Waals surface area contributed by atoms with Gasteiger partial charge in [0.25, 0.3) is 5.91 Å². The topological polar surface area (TPSA) is 38.3 Å². The van der Waals surface area contributed by atoms with E-state index in [4.69, 9.17) is 4.74 Å². The third-order valence-corrected chi connectivity index (χ3v) is 4.87. The second kappa shape index (κ2) is 6.36. The van der Waals surface area contributed by atoms with E-state index < -0.39 is 0 Å². The summed E-state index contributed by atoms with van der Waals surface area (Å²) in [5.74, 6) is 0.801. The first-order valence-corrected chi connectivity index (χ1v) is 8.50. The van der Waals surface area contributed by atoms with Gasteiger partial charge in [0.1, 0.15) is 5.75 Å². The Hall–Kier alpha value is -1.08. The van der Waals surface area contributed by atoms with Gasteiger partial charge in [0.05, 0.1) is 18.2 Å². The lowest BCUT2D eigenvalue weighted by Crippen LogP contribution is -2.32. The summed E-state index contributed by atoms with van der Waals surface area (Å²) in [5.41, 5.74) is 1.73. The maximum absolute atomic E-state index is 12.5. The SMILES string of the molecule is O=C(NC1CCOc2ccc(Br)cc21)c1ccccc1I. The van der Waals surface area contributed by atoms with E-state index in [1.807, 2.05) is 42.5 Å². The molecule has 0 saturated heterocycles. The predicted molar refractivity (Wildman–Crippen MR) is 93.6 cm³/mol. The summed E-state index contributed by atoms with van der Waals surface area (Å²) in [4.78, 5) is 12.5. The zero-order valence-electron chi connectivity index (χ0n) is 11.1. The molecule has 3 rings (SSSR count). The minimum absolute atomic E-state index is 0.0187. The van der Waals surface area contributed by atoms with Crippen LogP contribution in [-0.2, 0) is 0 Å². The van der Waals surface area contributed by atoms with E-state index in [9.17, 15) is 4.79 Å². The maximum atomic E-state index is 12.5. The van der Waals surface area contributed by atoms with Gasteiger partial charge in [-0.25, -0.2) is 0 Å². The molecule has 2 aromatic carbocycles. The minimum Gasteiger partial charge on any atom is -0.493 e. The number of fused-ring (bicyclic) bond motifs is 1. The van der Waals surface area contributed by atoms with Crippen LogP contribution >= 0.6 is 38.5 Å². The van der Waals surface area contributed by atoms with Crippen molar-refractivity contribution in [2.24, 2.45) is 0 Å². The van der Waals surface area contributed by atoms with Crippen LogP contribution in [-0.4, -0.2) is 12.5 Å². The predicted octanol–water partition coefficient (Wildman–Crippen LogP) is 4.31. The lowest BCUT2D eigenvalue weighted by molar-refractivity contribution is 0.0924. The lowest BCUT2D eigenvalue weighted by atomic mass is 10.00. The Kier molecular flexibility index (Phi) is 4.49. The van der Waals surface area contributed by atoms with E-state index in [0.29, 0.717) is 12.2 Å². The standard InChI is InChI=1S/C16H13BrINO2/c17-10-5-6-15-12(9-10)14(7-8-21-15)19-16(20)11-3-1-2-4-13(11)18/h1-6,9,14H,7-8H2,(H,19,20). The average Bonchev–Trinajstić information content (AvgIpc) is 2.48. The molecule has 2 aromatic rings. The van der Waals surface area contributed by atoms with E-state index in [-0.39, 0.29) is 11.9 Å². The van der Waals surface area contributed by atoms with Crippen LogP contribution in [0.3, 0.4) is 0 Å². The van der Waals surface area contributed by atoms with Gasteiger partial charge in [-0.3, -0.25) is 4.79 Å². The largest absolute Gasteiger partial charge is 0.493 e. The van der Waals surface area contributed by atoms with E-state index in [2.05, 4.69) is 43.8 Å². The highest BCUT2D eigenvalue weighted by Gasteiger charge is 2.24. The van der Waals surface area contributed by atoms with Crippen molar-refractivity contribution in [1.29, 1.82) is 0 Å². The van der Waals surface area contributed by atoms with E-state index >= 15 is 0 Å². The molecule has 0 saturated carbocycles. The van der Waals surface area contributed by atoms with Crippen LogP contribution in [0, 0.1) is 3.57 Å². The smallest absolute Gasteiger partial charge is 0.252 e. The van der Waals surface area contributed by atoms with Gasteiger partial charge in [0.15, 0.2) is 0 Å². The van der Waals surface area contributed by atoms with Crippen molar-refractivity contribution < 1.29 is 9.53 Å². The molecule has 0 fully saturated rings. The van der Waals surface area contributed by atoms with Crippen LogP contribution in [0.25, 0.3) is 0 Å². The van der Waals surface area contributed by atoms with Crippen LogP contribution in [0.4, 0.5) is 0 Å². The normalized spacial score (nSPS) is 16.8. The first-order valence-electron chi connectivity index (χ1n) is 6.63. The molecule has 0 aromatic heterocycles. The highest BCUT2D eigenvalue weighted by molar-refractivity contribution is 14.1. The molecule has 0 spiro atoms. The Balaban J connectivity index is 1.85. The summed E-state index contributed by atoms with van der Waals surface area (Å²) >= 11 is 5.65. The minimum atomic E-state index is -0.0437. The monoisotopic (exact) mass is 457 g/mol. The van der Waals surface area contributed by atoms with Crippen molar-refractivity contribution in [3.05, 3.63) is 61.6 Å². The number of halogens is 2. The second-order valence-corrected chi connectivity index (χ2v) is 6.90. The Morgan fingerprint density at radius 1 is 1.29 bits per heavy atom. The Labute approximate surface area is 145 Å². The fraction of sp³-hybridized carbons (Fsp3) is 0.188. The number of benzene rings is 2. The molecule has 0 bridgehead atoms. The zero-order valence-corrected chi connectivity index (χ0v) is 14.8. The molecular weight excluding hydrogens is 445 g/mol. The number of hydrogen-bond acceptors (Lipinski definition) is 2. The summed E-state index contributed by atoms with van der Waals surface area (Å²) in [6.45, 7) is 0.617. The molecule has 1 unspecified atom stereocenters. The molecule has 0 aliphatic carbocycles. The quantitative estimate of drug-likeness (QED) is 0.682. The van der Waals surface area contributed by atoms with Crippen molar-refractivity contribution in [2.75, 3.05) is 6.61 Å². The molecule has 1 atom stereocenters. The third-order valence-electron chi connectivity index (χ3n) is 3.44. The summed E-state index contributed by atoms with van der Waals surface area (Å²) < 4.78 is 7.59. The van der Waals surface area contributed by atoms with Gasteiger partial charge in [0.2, 0.25) is 0 Å². The first kappa shape index (κ1) is 14.8. The van der Waals surface area contributed by atoms with Crippen molar-refractivity contribution in [1.82, 2.24) is 5.32 Å². The summed E-state index contributed by atoms with van der Waals surface area (Å²) in [5, 5.41) is 3.11. The molecule has 1 N–H and O–H groups in total. The summed E-state index contributed by atoms with van der Waals surface area (Å²) in [6, 6.07) is 13.5. The highest BCUT2D eigenvalue weighted by atomic mass is 127. The van der Waals surface area contributed by atoms with Gasteiger partial charge in [0, 0.05) is 20.0 Å². The fourth-order valence-electron chi connectivity index (χ4n) is 2.40. The van der Waals surface area contributed by atoms with Gasteiger partial charge in [-0.1, -0.05) is 28.1 Å². The van der Waals surface area contributed by atoms with Gasteiger partial charge >= 0.3 is 0 Å². The number of hydrogen-bond donors (Lipinski definition) is 1. The second-order valence-electron chi connectivity index (χ2n) is 4.83. The first-order chi connectivity index (χ1) is 10.1. The lowest BCUT2D eigenvalue weighted by Gasteiger charge is -2.27. The highest BCUT2D eigenvalue weighted by Crippen LogP contribution is 2.34. The number of carbonyl (C=O) groups is 1. The van der Waals surface area contributed by atoms with Gasteiger partial charge in [-0.15, -0.1) is 0 Å². The molecule has 21 heavy (non-hydrogen) atoms. The number of amides is 1. The molecule has 1 aliphatic rings. The summed E-state index contributed by atoms with van der Waals surface area (Å²) in [6.07, 6.45) is 0.776. The number of rotatable bonds is 2. The molecule has 1 heterocycles. The van der Waals surface area contributed by atoms with Crippen molar-refractivity contribution in [3.8, 4) is 5.75 Å². The molecule has 1 aliphatic heterocycles. The average molecular weight is 458 g/mol. The van der Waals surface area contributed by atoms with E-state index in [0.717, 1.165) is 25.8 Å². The zero-order chi connectivity index (χ0) is 14.8. The van der Waals surface area contributed by atoms with Crippen molar-refractivity contribution in [3.63, 3.8) is 0 Å². The van der Waals surface area contributed by atoms with Crippen LogP contribution in [0.1, 0.15) is 28.4 Å². The Morgan fingerprint density at radius 2 is 2.10 bits per heavy atom. The Bertz CT molecular complexity index is 690. The summed E-state index contributed by atoms with van der Waals surface area (Å²) in [7, 11) is 0. The van der Waals surface area contributed by atoms with Gasteiger partial charge < -0.3 is 10.1 Å². The molecular formula is C16H13BrINO2. The maximum Gasteiger partial charge on any atom is 0.252 e. The van der Waals surface area contributed by atoms with Crippen LogP contribution < -0.4 is 10.1 Å². The molecule has 5 heteroatoms. The fourth-order valence-corrected chi connectivity index (χ4v) is 3.41. The third kappa shape index (κ3) is 3.23. The van der Waals surface area contributed by atoms with Gasteiger partial charge in [-0.2, -0.15) is 0 Å². The van der Waals surface area contributed by atoms with Crippen molar-refractivity contribution >= 4 is 44.4 Å². The molecule has 0 radical (unpaired) electrons. The van der Waals surface area contributed by atoms with Crippen LogP contribution in [0.15, 0.2) is 46.9 Å². The van der Waals surface area contributed by atoms with Crippen LogP contribution in [0.2, 0.25) is 0 Å². The van der Waals surface area contributed by atoms with Crippen LogP contribution in [0.5, 0.6) is 5.75 Å². The van der Waals surface area contributed by atoms with E-state index in [1.54, 1.807) is 0 Å². The number of carbonyl (C=O) groups excluding carboxylic acids is 1. The molecule has 1 amide bonds. The van der Waals surface area contributed by atoms with Crippen molar-refractivity contribution in [2.45, 2.75) is 12.5 Å².